The maximum absolute atomic E-state index is 16.1. The molecule has 1 fully saturated rings. The highest BCUT2D eigenvalue weighted by Crippen LogP contribution is 2.42. The number of esters is 1. The van der Waals surface area contributed by atoms with E-state index < -0.39 is 76.6 Å². The quantitative estimate of drug-likeness (QED) is 0.153. The Hall–Kier alpha value is -4.82. The number of halogens is 7. The first kappa shape index (κ1) is 37.9. The van der Waals surface area contributed by atoms with Gasteiger partial charge in [0, 0.05) is 59.7 Å². The van der Waals surface area contributed by atoms with Crippen LogP contribution >= 0.6 is 11.6 Å². The predicted octanol–water partition coefficient (Wildman–Crippen LogP) is 7.78. The second-order valence-corrected chi connectivity index (χ2v) is 13.5. The third kappa shape index (κ3) is 7.93. The van der Waals surface area contributed by atoms with Crippen molar-refractivity contribution in [3.8, 4) is 22.6 Å². The van der Waals surface area contributed by atoms with Crippen LogP contribution in [0.1, 0.15) is 58.8 Å². The molecule has 8 nitrogen and oxygen atoms in total. The molecule has 0 aliphatic carbocycles. The first-order chi connectivity index (χ1) is 25.0. The lowest BCUT2D eigenvalue weighted by molar-refractivity contribution is -0.144. The van der Waals surface area contributed by atoms with Crippen LogP contribution in [0.2, 0.25) is 5.02 Å². The molecule has 1 amide bonds. The SMILES string of the molecule is CCOC(=O)C[C@@H]1NC(=O)[C@H](n2cc(CCN3CC(F)C3)c(C(F)(F)F)cc2=O)c2cc(ccc2F)Oc2cc(Cl)cc(C)c2-c2cc(C)c(F)c1c2. The van der Waals surface area contributed by atoms with Crippen molar-refractivity contribution in [1.29, 1.82) is 0 Å². The number of likely N-dealkylation sites (tertiary alicyclic amines) is 1. The normalized spacial score (nSPS) is 17.7. The molecule has 0 unspecified atom stereocenters. The van der Waals surface area contributed by atoms with Crippen molar-refractivity contribution < 1.29 is 45.4 Å². The molecule has 1 N–H and O–H groups in total. The molecule has 4 bridgehead atoms. The maximum atomic E-state index is 16.1. The van der Waals surface area contributed by atoms with Crippen LogP contribution in [0, 0.1) is 25.5 Å². The van der Waals surface area contributed by atoms with E-state index in [-0.39, 0.29) is 60.3 Å². The van der Waals surface area contributed by atoms with E-state index in [1.165, 1.54) is 25.1 Å². The molecule has 1 saturated heterocycles. The summed E-state index contributed by atoms with van der Waals surface area (Å²) >= 11 is 6.41. The number of alkyl halides is 4. The van der Waals surface area contributed by atoms with Gasteiger partial charge in [-0.3, -0.25) is 23.9 Å². The van der Waals surface area contributed by atoms with Crippen LogP contribution < -0.4 is 15.6 Å². The van der Waals surface area contributed by atoms with Gasteiger partial charge in [0.25, 0.3) is 5.56 Å². The molecule has 280 valence electrons. The minimum absolute atomic E-state index is 0.00816. The van der Waals surface area contributed by atoms with Gasteiger partial charge in [-0.25, -0.2) is 13.2 Å². The Balaban J connectivity index is 1.59. The van der Waals surface area contributed by atoms with Crippen LogP contribution in [0.4, 0.5) is 26.3 Å². The summed E-state index contributed by atoms with van der Waals surface area (Å²) in [6, 6.07) is 6.30. The van der Waals surface area contributed by atoms with Gasteiger partial charge in [-0.15, -0.1) is 0 Å². The largest absolute Gasteiger partial charge is 0.466 e. The van der Waals surface area contributed by atoms with E-state index in [0.717, 1.165) is 18.3 Å². The Morgan fingerprint density at radius 3 is 2.43 bits per heavy atom. The molecular formula is C38H34ClF6N3O5. The highest BCUT2D eigenvalue weighted by Gasteiger charge is 2.38. The number of aromatic nitrogens is 1. The first-order valence-electron chi connectivity index (χ1n) is 16.8. The lowest BCUT2D eigenvalue weighted by atomic mass is 9.92. The van der Waals surface area contributed by atoms with E-state index in [0.29, 0.717) is 27.3 Å². The number of hydrogen-bond acceptors (Lipinski definition) is 6. The zero-order valence-corrected chi connectivity index (χ0v) is 29.5. The molecule has 2 atom stereocenters. The van der Waals surface area contributed by atoms with E-state index in [1.54, 1.807) is 30.9 Å². The van der Waals surface area contributed by atoms with Gasteiger partial charge in [0.15, 0.2) is 0 Å². The van der Waals surface area contributed by atoms with Crippen molar-refractivity contribution in [1.82, 2.24) is 14.8 Å². The lowest BCUT2D eigenvalue weighted by Crippen LogP contribution is -2.49. The number of benzene rings is 3. The van der Waals surface area contributed by atoms with Crippen molar-refractivity contribution in [3.63, 3.8) is 0 Å². The molecule has 6 rings (SSSR count). The molecule has 2 aliphatic rings. The summed E-state index contributed by atoms with van der Waals surface area (Å²) in [6.45, 7) is 4.78. The van der Waals surface area contributed by atoms with Gasteiger partial charge < -0.3 is 14.8 Å². The molecule has 3 heterocycles. The number of nitrogens with zero attached hydrogens (tertiary/aromatic N) is 2. The molecule has 1 aromatic heterocycles. The minimum Gasteiger partial charge on any atom is -0.466 e. The molecular weight excluding hydrogens is 728 g/mol. The van der Waals surface area contributed by atoms with Gasteiger partial charge >= 0.3 is 12.1 Å². The number of pyridine rings is 1. The second-order valence-electron chi connectivity index (χ2n) is 13.1. The smallest absolute Gasteiger partial charge is 0.416 e. The number of fused-ring (bicyclic) bond motifs is 6. The summed E-state index contributed by atoms with van der Waals surface area (Å²) in [6.07, 6.45) is -6.15. The summed E-state index contributed by atoms with van der Waals surface area (Å²) in [5, 5.41) is 2.85. The Bertz CT molecular complexity index is 2150. The monoisotopic (exact) mass is 761 g/mol. The van der Waals surface area contributed by atoms with E-state index >= 15 is 8.78 Å². The average molecular weight is 762 g/mol. The van der Waals surface area contributed by atoms with Crippen LogP contribution in [-0.2, 0) is 26.9 Å². The lowest BCUT2D eigenvalue weighted by Gasteiger charge is -2.34. The summed E-state index contributed by atoms with van der Waals surface area (Å²) in [4.78, 5) is 42.6. The van der Waals surface area contributed by atoms with Crippen LogP contribution in [0.3, 0.4) is 0 Å². The van der Waals surface area contributed by atoms with Crippen LogP contribution in [0.15, 0.2) is 59.5 Å². The van der Waals surface area contributed by atoms with Crippen molar-refractivity contribution in [2.45, 2.75) is 58.0 Å². The highest BCUT2D eigenvalue weighted by molar-refractivity contribution is 6.31. The summed E-state index contributed by atoms with van der Waals surface area (Å²) < 4.78 is 100. The van der Waals surface area contributed by atoms with E-state index in [1.807, 2.05) is 0 Å². The van der Waals surface area contributed by atoms with Gasteiger partial charge in [0.2, 0.25) is 5.91 Å². The molecule has 3 aromatic carbocycles. The number of hydrogen-bond donors (Lipinski definition) is 1. The van der Waals surface area contributed by atoms with Crippen molar-refractivity contribution in [2.24, 2.45) is 0 Å². The zero-order chi connectivity index (χ0) is 38.4. The summed E-state index contributed by atoms with van der Waals surface area (Å²) in [7, 11) is 0. The standard InChI is InChI=1S/C38H34ClF6N3O5/c1-4-52-33(50)15-30-27-11-22(9-20(3)35(27)42)34-19(2)10-23(39)12-31(34)53-25-5-6-29(41)26(13-25)36(37(51)46-30)48-16-21(7-8-47-17-24(40)18-47)28(14-32(48)49)38(43,44)45/h5-6,9-14,16,24,30,36H,4,7-8,15,17-18H2,1-3H3,(H,46,51)/t30-,36+/m0/s1. The fraction of sp³-hybridized carbons (Fsp3) is 0.342. The van der Waals surface area contributed by atoms with Crippen molar-refractivity contribution >= 4 is 23.5 Å². The van der Waals surface area contributed by atoms with Gasteiger partial charge in [0.1, 0.15) is 35.3 Å². The average Bonchev–Trinajstić information content (AvgIpc) is 3.05. The summed E-state index contributed by atoms with van der Waals surface area (Å²) in [5.41, 5.74) is -1.99. The Morgan fingerprint density at radius 1 is 1.02 bits per heavy atom. The van der Waals surface area contributed by atoms with Gasteiger partial charge in [-0.2, -0.15) is 13.2 Å². The van der Waals surface area contributed by atoms with E-state index in [2.05, 4.69) is 5.32 Å². The predicted molar refractivity (Wildman–Crippen MR) is 184 cm³/mol. The van der Waals surface area contributed by atoms with Gasteiger partial charge in [-0.05, 0) is 85.8 Å². The van der Waals surface area contributed by atoms with Crippen LogP contribution in [0.5, 0.6) is 11.5 Å². The highest BCUT2D eigenvalue weighted by atomic mass is 35.5. The maximum Gasteiger partial charge on any atom is 0.416 e. The number of amides is 1. The van der Waals surface area contributed by atoms with Crippen LogP contribution in [-0.4, -0.2) is 53.8 Å². The van der Waals surface area contributed by atoms with E-state index in [9.17, 15) is 31.9 Å². The van der Waals surface area contributed by atoms with Crippen LogP contribution in [0.25, 0.3) is 11.1 Å². The second kappa shape index (κ2) is 14.9. The topological polar surface area (TPSA) is 89.9 Å². The Labute approximate surface area is 305 Å². The number of ether oxygens (including phenoxy) is 2. The molecule has 2 aliphatic heterocycles. The third-order valence-corrected chi connectivity index (χ3v) is 9.52. The summed E-state index contributed by atoms with van der Waals surface area (Å²) in [5.74, 6) is -3.64. The number of rotatable bonds is 7. The zero-order valence-electron chi connectivity index (χ0n) is 28.8. The van der Waals surface area contributed by atoms with Gasteiger partial charge in [0.05, 0.1) is 24.6 Å². The fourth-order valence-corrected chi connectivity index (χ4v) is 7.06. The number of carbonyl (C=O) groups is 2. The molecule has 0 radical (unpaired) electrons. The molecule has 15 heteroatoms. The Morgan fingerprint density at radius 2 is 1.75 bits per heavy atom. The van der Waals surface area contributed by atoms with Crippen molar-refractivity contribution in [3.05, 3.63) is 115 Å². The Kier molecular flexibility index (Phi) is 10.7. The third-order valence-electron chi connectivity index (χ3n) is 9.30. The molecule has 4 aromatic rings. The number of nitrogens with one attached hydrogen (secondary N) is 1. The first-order valence-corrected chi connectivity index (χ1v) is 17.1. The molecule has 0 saturated carbocycles. The van der Waals surface area contributed by atoms with E-state index in [4.69, 9.17) is 21.1 Å². The molecule has 0 spiro atoms. The van der Waals surface area contributed by atoms with Crippen molar-refractivity contribution in [2.75, 3.05) is 26.2 Å². The number of aryl methyl sites for hydroxylation is 2. The fourth-order valence-electron chi connectivity index (χ4n) is 6.80. The molecule has 53 heavy (non-hydrogen) atoms. The number of carbonyl (C=O) groups excluding carboxylic acids is 2. The minimum atomic E-state index is -4.98. The van der Waals surface area contributed by atoms with Gasteiger partial charge in [-0.1, -0.05) is 11.6 Å².